The number of anilines is 1. The summed E-state index contributed by atoms with van der Waals surface area (Å²) in [5, 5.41) is 16.0. The number of aliphatic hydroxyl groups excluding tert-OH is 1. The molecule has 0 saturated carbocycles. The molecule has 0 bridgehead atoms. The summed E-state index contributed by atoms with van der Waals surface area (Å²) in [6.45, 7) is 5.05. The Bertz CT molecular complexity index is 776. The number of halogens is 1. The molecule has 0 aliphatic carbocycles. The van der Waals surface area contributed by atoms with E-state index in [9.17, 15) is 9.50 Å². The fourth-order valence-electron chi connectivity index (χ4n) is 3.20. The van der Waals surface area contributed by atoms with Crippen LogP contribution >= 0.6 is 0 Å². The number of aliphatic hydroxyl groups is 1. The van der Waals surface area contributed by atoms with Crippen molar-refractivity contribution in [1.82, 2.24) is 15.6 Å². The summed E-state index contributed by atoms with van der Waals surface area (Å²) < 4.78 is 14.6. The highest BCUT2D eigenvalue weighted by atomic mass is 19.1. The molecule has 1 aromatic carbocycles. The summed E-state index contributed by atoms with van der Waals surface area (Å²) in [6.07, 6.45) is 2.85. The van der Waals surface area contributed by atoms with Crippen molar-refractivity contribution in [3.8, 4) is 0 Å². The summed E-state index contributed by atoms with van der Waals surface area (Å²) in [7, 11) is 0. The topological polar surface area (TPSA) is 72.8 Å². The standard InChI is InChI=1S/C21H28FN5O/c1-2-23-21(26-15-17-5-3-4-10-24-17)25-14-16-6-7-20(19(22)13-16)27-11-8-18(28)9-12-27/h3-7,10,13,18,28H,2,8-9,11-12,14-15H2,1H3,(H2,23,25,26). The van der Waals surface area contributed by atoms with E-state index in [1.807, 2.05) is 42.2 Å². The summed E-state index contributed by atoms with van der Waals surface area (Å²) in [6, 6.07) is 11.0. The van der Waals surface area contributed by atoms with Crippen molar-refractivity contribution in [3.63, 3.8) is 0 Å². The van der Waals surface area contributed by atoms with Crippen molar-refractivity contribution < 1.29 is 9.50 Å². The second-order valence-electron chi connectivity index (χ2n) is 6.87. The van der Waals surface area contributed by atoms with Crippen LogP contribution in [0.5, 0.6) is 0 Å². The SMILES string of the molecule is CCNC(=NCc1ccc(N2CCC(O)CC2)c(F)c1)NCc1ccccn1. The zero-order chi connectivity index (χ0) is 19.8. The van der Waals surface area contributed by atoms with Crippen molar-refractivity contribution in [3.05, 3.63) is 59.7 Å². The maximum atomic E-state index is 14.6. The number of pyridine rings is 1. The van der Waals surface area contributed by atoms with Crippen LogP contribution in [-0.2, 0) is 13.1 Å². The van der Waals surface area contributed by atoms with Gasteiger partial charge in [-0.1, -0.05) is 12.1 Å². The van der Waals surface area contributed by atoms with Crippen molar-refractivity contribution in [2.24, 2.45) is 4.99 Å². The summed E-state index contributed by atoms with van der Waals surface area (Å²) in [4.78, 5) is 10.8. The Morgan fingerprint density at radius 1 is 1.25 bits per heavy atom. The molecule has 1 aliphatic rings. The first-order valence-electron chi connectivity index (χ1n) is 9.79. The lowest BCUT2D eigenvalue weighted by Crippen LogP contribution is -2.37. The average molecular weight is 385 g/mol. The Morgan fingerprint density at radius 3 is 2.75 bits per heavy atom. The molecule has 1 aliphatic heterocycles. The lowest BCUT2D eigenvalue weighted by molar-refractivity contribution is 0.145. The van der Waals surface area contributed by atoms with Crippen molar-refractivity contribution in [2.45, 2.75) is 39.0 Å². The zero-order valence-electron chi connectivity index (χ0n) is 16.2. The van der Waals surface area contributed by atoms with Gasteiger partial charge in [-0.2, -0.15) is 0 Å². The van der Waals surface area contributed by atoms with Gasteiger partial charge in [0.15, 0.2) is 5.96 Å². The molecule has 1 fully saturated rings. The van der Waals surface area contributed by atoms with Crippen LogP contribution in [0.2, 0.25) is 0 Å². The highest BCUT2D eigenvalue weighted by molar-refractivity contribution is 5.79. The number of piperidine rings is 1. The fraction of sp³-hybridized carbons (Fsp3) is 0.429. The van der Waals surface area contributed by atoms with Gasteiger partial charge in [-0.15, -0.1) is 0 Å². The summed E-state index contributed by atoms with van der Waals surface area (Å²) in [5.74, 6) is 0.429. The van der Waals surface area contributed by atoms with E-state index in [-0.39, 0.29) is 11.9 Å². The van der Waals surface area contributed by atoms with E-state index < -0.39 is 0 Å². The van der Waals surface area contributed by atoms with Gasteiger partial charge < -0.3 is 20.6 Å². The third kappa shape index (κ3) is 5.66. The second-order valence-corrected chi connectivity index (χ2v) is 6.87. The van der Waals surface area contributed by atoms with Crippen LogP contribution in [0, 0.1) is 5.82 Å². The largest absolute Gasteiger partial charge is 0.393 e. The molecule has 7 heteroatoms. The van der Waals surface area contributed by atoms with E-state index in [0.717, 1.165) is 17.8 Å². The van der Waals surface area contributed by atoms with Gasteiger partial charge in [-0.3, -0.25) is 4.98 Å². The summed E-state index contributed by atoms with van der Waals surface area (Å²) >= 11 is 0. The van der Waals surface area contributed by atoms with Gasteiger partial charge in [-0.05, 0) is 49.6 Å². The molecule has 150 valence electrons. The average Bonchev–Trinajstić information content (AvgIpc) is 2.72. The Balaban J connectivity index is 1.61. The Hall–Kier alpha value is -2.67. The fourth-order valence-corrected chi connectivity index (χ4v) is 3.20. The van der Waals surface area contributed by atoms with Gasteiger partial charge in [0.25, 0.3) is 0 Å². The number of nitrogens with zero attached hydrogens (tertiary/aromatic N) is 3. The van der Waals surface area contributed by atoms with Crippen LogP contribution < -0.4 is 15.5 Å². The molecular formula is C21H28FN5O. The molecule has 28 heavy (non-hydrogen) atoms. The highest BCUT2D eigenvalue weighted by Gasteiger charge is 2.19. The molecule has 0 spiro atoms. The van der Waals surface area contributed by atoms with Gasteiger partial charge in [0.1, 0.15) is 5.82 Å². The monoisotopic (exact) mass is 385 g/mol. The predicted octanol–water partition coefficient (Wildman–Crippen LogP) is 2.44. The molecule has 0 amide bonds. The Morgan fingerprint density at radius 2 is 2.07 bits per heavy atom. The number of rotatable bonds is 6. The molecule has 6 nitrogen and oxygen atoms in total. The minimum Gasteiger partial charge on any atom is -0.393 e. The van der Waals surface area contributed by atoms with Crippen LogP contribution in [0.1, 0.15) is 31.0 Å². The van der Waals surface area contributed by atoms with Crippen LogP contribution in [0.3, 0.4) is 0 Å². The first-order chi connectivity index (χ1) is 13.7. The number of aromatic nitrogens is 1. The van der Waals surface area contributed by atoms with E-state index >= 15 is 0 Å². The zero-order valence-corrected chi connectivity index (χ0v) is 16.2. The third-order valence-corrected chi connectivity index (χ3v) is 4.74. The van der Waals surface area contributed by atoms with Crippen LogP contribution in [0.25, 0.3) is 0 Å². The molecule has 2 aromatic rings. The number of guanidine groups is 1. The van der Waals surface area contributed by atoms with E-state index in [4.69, 9.17) is 0 Å². The number of hydrogen-bond donors (Lipinski definition) is 3. The van der Waals surface area contributed by atoms with Gasteiger partial charge in [0.2, 0.25) is 0 Å². The van der Waals surface area contributed by atoms with Crippen LogP contribution in [0.4, 0.5) is 10.1 Å². The highest BCUT2D eigenvalue weighted by Crippen LogP contribution is 2.24. The predicted molar refractivity (Wildman–Crippen MR) is 110 cm³/mol. The number of benzene rings is 1. The number of hydrogen-bond acceptors (Lipinski definition) is 4. The second kappa shape index (κ2) is 10.0. The van der Waals surface area contributed by atoms with Crippen molar-refractivity contribution >= 4 is 11.6 Å². The van der Waals surface area contributed by atoms with Crippen molar-refractivity contribution in [2.75, 3.05) is 24.5 Å². The van der Waals surface area contributed by atoms with Gasteiger partial charge in [-0.25, -0.2) is 9.38 Å². The lowest BCUT2D eigenvalue weighted by atomic mass is 10.1. The first kappa shape index (κ1) is 20.1. The maximum Gasteiger partial charge on any atom is 0.191 e. The smallest absolute Gasteiger partial charge is 0.191 e. The molecule has 0 unspecified atom stereocenters. The number of nitrogens with one attached hydrogen (secondary N) is 2. The normalized spacial score (nSPS) is 15.5. The molecule has 3 N–H and O–H groups in total. The van der Waals surface area contributed by atoms with E-state index in [2.05, 4.69) is 20.6 Å². The molecule has 2 heterocycles. The quantitative estimate of drug-likeness (QED) is 0.526. The Labute approximate surface area is 165 Å². The molecule has 0 atom stereocenters. The van der Waals surface area contributed by atoms with Gasteiger partial charge >= 0.3 is 0 Å². The minimum atomic E-state index is -0.268. The van der Waals surface area contributed by atoms with Crippen LogP contribution in [0.15, 0.2) is 47.6 Å². The van der Waals surface area contributed by atoms with E-state index in [1.165, 1.54) is 0 Å². The molecular weight excluding hydrogens is 357 g/mol. The van der Waals surface area contributed by atoms with E-state index in [0.29, 0.717) is 50.7 Å². The third-order valence-electron chi connectivity index (χ3n) is 4.74. The van der Waals surface area contributed by atoms with Gasteiger partial charge in [0, 0.05) is 25.8 Å². The lowest BCUT2D eigenvalue weighted by Gasteiger charge is -2.31. The van der Waals surface area contributed by atoms with Crippen LogP contribution in [-0.4, -0.2) is 41.8 Å². The molecule has 3 rings (SSSR count). The minimum absolute atomic E-state index is 0.240. The molecule has 1 saturated heterocycles. The molecule has 1 aromatic heterocycles. The maximum absolute atomic E-state index is 14.6. The number of aliphatic imine (C=N–C) groups is 1. The first-order valence-corrected chi connectivity index (χ1v) is 9.79. The van der Waals surface area contributed by atoms with Crippen molar-refractivity contribution in [1.29, 1.82) is 0 Å². The summed E-state index contributed by atoms with van der Waals surface area (Å²) in [5.41, 5.74) is 2.34. The molecule has 0 radical (unpaired) electrons. The Kier molecular flexibility index (Phi) is 7.19. The van der Waals surface area contributed by atoms with Gasteiger partial charge in [0.05, 0.1) is 30.6 Å². The van der Waals surface area contributed by atoms with E-state index in [1.54, 1.807) is 12.3 Å².